The van der Waals surface area contributed by atoms with Gasteiger partial charge in [0, 0.05) is 36.1 Å². The average molecular weight is 271 g/mol. The fraction of sp³-hybridized carbons (Fsp3) is 0.533. The van der Waals surface area contributed by atoms with E-state index in [2.05, 4.69) is 28.4 Å². The van der Waals surface area contributed by atoms with Gasteiger partial charge in [0.15, 0.2) is 5.65 Å². The van der Waals surface area contributed by atoms with Gasteiger partial charge in [-0.2, -0.15) is 10.4 Å². The van der Waals surface area contributed by atoms with Crippen LogP contribution in [0.25, 0.3) is 5.65 Å². The van der Waals surface area contributed by atoms with Gasteiger partial charge < -0.3 is 5.32 Å². The minimum atomic E-state index is -0.373. The molecule has 0 saturated carbocycles. The molecule has 2 heterocycles. The highest BCUT2D eigenvalue weighted by molar-refractivity contribution is 5.42. The van der Waals surface area contributed by atoms with Crippen LogP contribution in [0.3, 0.4) is 0 Å². The summed E-state index contributed by atoms with van der Waals surface area (Å²) in [6.45, 7) is 10.6. The Kier molecular flexibility index (Phi) is 3.78. The Morgan fingerprint density at radius 3 is 2.80 bits per heavy atom. The van der Waals surface area contributed by atoms with Gasteiger partial charge in [-0.05, 0) is 34.6 Å². The van der Waals surface area contributed by atoms with Gasteiger partial charge in [-0.1, -0.05) is 0 Å². The molecule has 0 bridgehead atoms. The van der Waals surface area contributed by atoms with E-state index < -0.39 is 0 Å². The second-order valence-electron chi connectivity index (χ2n) is 5.95. The van der Waals surface area contributed by atoms with Gasteiger partial charge in [-0.25, -0.2) is 9.50 Å². The number of fused-ring (bicyclic) bond motifs is 1. The molecule has 1 unspecified atom stereocenters. The van der Waals surface area contributed by atoms with Crippen molar-refractivity contribution < 1.29 is 0 Å². The lowest BCUT2D eigenvalue weighted by atomic mass is 9.95. The second kappa shape index (κ2) is 5.22. The maximum Gasteiger partial charge on any atom is 0.155 e. The number of nitrogens with one attached hydrogen (secondary N) is 1. The van der Waals surface area contributed by atoms with Crippen molar-refractivity contribution in [1.29, 1.82) is 5.26 Å². The zero-order chi connectivity index (χ0) is 14.9. The van der Waals surface area contributed by atoms with Crippen LogP contribution in [0.15, 0.2) is 12.3 Å². The summed E-state index contributed by atoms with van der Waals surface area (Å²) in [7, 11) is 0. The van der Waals surface area contributed by atoms with Crippen molar-refractivity contribution in [3.63, 3.8) is 0 Å². The molecule has 1 atom stereocenters. The third-order valence-electron chi connectivity index (χ3n) is 3.50. The van der Waals surface area contributed by atoms with E-state index in [4.69, 9.17) is 5.26 Å². The Bertz CT molecular complexity index is 663. The number of hydrogen-bond donors (Lipinski definition) is 1. The topological polar surface area (TPSA) is 66.0 Å². The molecule has 106 valence electrons. The minimum absolute atomic E-state index is 0.129. The van der Waals surface area contributed by atoms with E-state index in [0.717, 1.165) is 22.6 Å². The summed E-state index contributed by atoms with van der Waals surface area (Å²) in [4.78, 5) is 4.44. The van der Waals surface area contributed by atoms with Crippen LogP contribution < -0.4 is 5.32 Å². The maximum absolute atomic E-state index is 9.06. The molecule has 1 N–H and O–H groups in total. The Morgan fingerprint density at radius 2 is 2.15 bits per heavy atom. The van der Waals surface area contributed by atoms with E-state index in [9.17, 15) is 0 Å². The molecule has 0 aromatic carbocycles. The molecule has 2 rings (SSSR count). The van der Waals surface area contributed by atoms with Gasteiger partial charge in [0.25, 0.3) is 0 Å². The van der Waals surface area contributed by atoms with Crippen molar-refractivity contribution in [3.8, 4) is 6.07 Å². The van der Waals surface area contributed by atoms with Crippen molar-refractivity contribution in [2.75, 3.05) is 6.54 Å². The summed E-state index contributed by atoms with van der Waals surface area (Å²) in [6.07, 6.45) is 1.89. The number of rotatable bonds is 4. The smallest absolute Gasteiger partial charge is 0.155 e. The molecule has 5 heteroatoms. The zero-order valence-corrected chi connectivity index (χ0v) is 12.7. The summed E-state index contributed by atoms with van der Waals surface area (Å²) < 4.78 is 1.87. The molecule has 2 aromatic rings. The minimum Gasteiger partial charge on any atom is -0.309 e. The van der Waals surface area contributed by atoms with Gasteiger partial charge in [0.1, 0.15) is 0 Å². The lowest BCUT2D eigenvalue weighted by Gasteiger charge is -2.21. The second-order valence-corrected chi connectivity index (χ2v) is 5.95. The Balaban J connectivity index is 2.24. The predicted molar refractivity (Wildman–Crippen MR) is 78.3 cm³/mol. The van der Waals surface area contributed by atoms with Crippen molar-refractivity contribution in [1.82, 2.24) is 19.9 Å². The van der Waals surface area contributed by atoms with Crippen molar-refractivity contribution in [2.45, 2.75) is 40.7 Å². The largest absolute Gasteiger partial charge is 0.309 e. The zero-order valence-electron chi connectivity index (χ0n) is 12.7. The number of nitriles is 1. The highest BCUT2D eigenvalue weighted by Gasteiger charge is 2.19. The van der Waals surface area contributed by atoms with Gasteiger partial charge in [0.2, 0.25) is 0 Å². The average Bonchev–Trinajstić information content (AvgIpc) is 2.78. The van der Waals surface area contributed by atoms with Crippen LogP contribution in [0.5, 0.6) is 0 Å². The fourth-order valence-electron chi connectivity index (χ4n) is 2.16. The lowest BCUT2D eigenvalue weighted by molar-refractivity contribution is 0.413. The van der Waals surface area contributed by atoms with Crippen LogP contribution in [0.1, 0.15) is 43.8 Å². The van der Waals surface area contributed by atoms with E-state index in [-0.39, 0.29) is 11.5 Å². The van der Waals surface area contributed by atoms with Crippen LogP contribution >= 0.6 is 0 Å². The number of aryl methyl sites for hydroxylation is 2. The van der Waals surface area contributed by atoms with Gasteiger partial charge >= 0.3 is 0 Å². The fourth-order valence-corrected chi connectivity index (χ4v) is 2.16. The standard InChI is InChI=1S/C15H21N5/c1-10-6-14-17-7-13(12(3)20(14)19-10)11(2)18-9-15(4,5)8-16/h6-7,11,18H,9H2,1-5H3. The van der Waals surface area contributed by atoms with Crippen molar-refractivity contribution in [2.24, 2.45) is 5.41 Å². The van der Waals surface area contributed by atoms with E-state index in [1.54, 1.807) is 0 Å². The first-order chi connectivity index (χ1) is 9.34. The highest BCUT2D eigenvalue weighted by atomic mass is 15.3. The quantitative estimate of drug-likeness (QED) is 0.928. The number of aromatic nitrogens is 3. The Hall–Kier alpha value is -1.93. The summed E-state index contributed by atoms with van der Waals surface area (Å²) in [5, 5.41) is 16.9. The molecule has 0 aliphatic carbocycles. The normalized spacial score (nSPS) is 13.4. The first kappa shape index (κ1) is 14.5. The third-order valence-corrected chi connectivity index (χ3v) is 3.50. The van der Waals surface area contributed by atoms with Crippen LogP contribution in [0.2, 0.25) is 0 Å². The van der Waals surface area contributed by atoms with Crippen LogP contribution in [0.4, 0.5) is 0 Å². The Morgan fingerprint density at radius 1 is 1.45 bits per heavy atom. The maximum atomic E-state index is 9.06. The first-order valence-corrected chi connectivity index (χ1v) is 6.80. The van der Waals surface area contributed by atoms with Gasteiger partial charge in [-0.15, -0.1) is 0 Å². The van der Waals surface area contributed by atoms with Crippen LogP contribution in [0, 0.1) is 30.6 Å². The summed E-state index contributed by atoms with van der Waals surface area (Å²) in [6, 6.07) is 4.39. The summed E-state index contributed by atoms with van der Waals surface area (Å²) >= 11 is 0. The molecule has 0 saturated heterocycles. The molecule has 0 aliphatic heterocycles. The molecular formula is C15H21N5. The van der Waals surface area contributed by atoms with Gasteiger partial charge in [-0.3, -0.25) is 0 Å². The van der Waals surface area contributed by atoms with Crippen molar-refractivity contribution >= 4 is 5.65 Å². The number of hydrogen-bond acceptors (Lipinski definition) is 4. The molecule has 5 nitrogen and oxygen atoms in total. The Labute approximate surface area is 119 Å². The van der Waals surface area contributed by atoms with E-state index in [1.807, 2.05) is 44.5 Å². The molecule has 0 radical (unpaired) electrons. The first-order valence-electron chi connectivity index (χ1n) is 6.80. The molecule has 0 spiro atoms. The van der Waals surface area contributed by atoms with Gasteiger partial charge in [0.05, 0.1) is 17.2 Å². The lowest BCUT2D eigenvalue weighted by Crippen LogP contribution is -2.30. The molecule has 0 amide bonds. The molecule has 0 fully saturated rings. The molecule has 0 aliphatic rings. The van der Waals surface area contributed by atoms with E-state index in [1.165, 1.54) is 0 Å². The monoisotopic (exact) mass is 271 g/mol. The van der Waals surface area contributed by atoms with Crippen LogP contribution in [-0.4, -0.2) is 21.1 Å². The SMILES string of the molecule is Cc1cc2ncc(C(C)NCC(C)(C)C#N)c(C)n2n1. The van der Waals surface area contributed by atoms with Crippen molar-refractivity contribution in [3.05, 3.63) is 29.2 Å². The highest BCUT2D eigenvalue weighted by Crippen LogP contribution is 2.20. The van der Waals surface area contributed by atoms with E-state index >= 15 is 0 Å². The van der Waals surface area contributed by atoms with Crippen LogP contribution in [-0.2, 0) is 0 Å². The molecule has 20 heavy (non-hydrogen) atoms. The molecular weight excluding hydrogens is 250 g/mol. The summed E-state index contributed by atoms with van der Waals surface area (Å²) in [5.41, 5.74) is 3.65. The molecule has 2 aromatic heterocycles. The van der Waals surface area contributed by atoms with E-state index in [0.29, 0.717) is 6.54 Å². The third kappa shape index (κ3) is 2.81. The summed E-state index contributed by atoms with van der Waals surface area (Å²) in [5.74, 6) is 0. The number of nitrogens with zero attached hydrogens (tertiary/aromatic N) is 4. The predicted octanol–water partition coefficient (Wildman–Crippen LogP) is 2.55.